The second kappa shape index (κ2) is 7.51. The zero-order valence-corrected chi connectivity index (χ0v) is 16.4. The Morgan fingerprint density at radius 2 is 1.68 bits per heavy atom. The molecule has 0 atom stereocenters. The summed E-state index contributed by atoms with van der Waals surface area (Å²) in [7, 11) is 0. The van der Waals surface area contributed by atoms with Gasteiger partial charge in [0, 0.05) is 54.7 Å². The number of benzene rings is 1. The number of halogens is 1. The van der Waals surface area contributed by atoms with E-state index in [2.05, 4.69) is 16.4 Å². The summed E-state index contributed by atoms with van der Waals surface area (Å²) in [6, 6.07) is 8.24. The van der Waals surface area contributed by atoms with Gasteiger partial charge in [0.2, 0.25) is 0 Å². The molecule has 1 aromatic heterocycles. The number of piperazine rings is 1. The van der Waals surface area contributed by atoms with Crippen LogP contribution in [-0.2, 0) is 0 Å². The van der Waals surface area contributed by atoms with Crippen LogP contribution < -0.4 is 0 Å². The predicted molar refractivity (Wildman–Crippen MR) is 105 cm³/mol. The van der Waals surface area contributed by atoms with Crippen molar-refractivity contribution >= 4 is 11.7 Å². The van der Waals surface area contributed by atoms with E-state index in [1.54, 1.807) is 4.90 Å². The van der Waals surface area contributed by atoms with Gasteiger partial charge in [-0.05, 0) is 57.0 Å². The third-order valence-electron chi connectivity index (χ3n) is 5.81. The highest BCUT2D eigenvalue weighted by Gasteiger charge is 2.29. The Kier molecular flexibility index (Phi) is 5.06. The average Bonchev–Trinajstić information content (AvgIpc) is 3.47. The Hall–Kier alpha value is -2.47. The normalized spacial score (nSPS) is 17.8. The first-order valence-corrected chi connectivity index (χ1v) is 9.93. The van der Waals surface area contributed by atoms with Crippen LogP contribution in [0.3, 0.4) is 0 Å². The molecule has 0 N–H and O–H groups in total. The van der Waals surface area contributed by atoms with Gasteiger partial charge in [-0.25, -0.2) is 4.39 Å². The molecular weight excluding hydrogens is 357 g/mol. The fraction of sp³-hybridized carbons (Fsp3) is 0.455. The Morgan fingerprint density at radius 1 is 1.04 bits per heavy atom. The minimum atomic E-state index is -0.346. The molecular formula is C22H26FN3O2. The lowest BCUT2D eigenvalue weighted by molar-refractivity contribution is 0.0624. The van der Waals surface area contributed by atoms with Gasteiger partial charge in [-0.15, -0.1) is 0 Å². The van der Waals surface area contributed by atoms with Crippen LogP contribution >= 0.6 is 0 Å². The van der Waals surface area contributed by atoms with Gasteiger partial charge in [0.05, 0.1) is 6.54 Å². The van der Waals surface area contributed by atoms with Crippen LogP contribution in [0.4, 0.5) is 4.39 Å². The Bertz CT molecular complexity index is 891. The fourth-order valence-corrected chi connectivity index (χ4v) is 4.13. The lowest BCUT2D eigenvalue weighted by atomic mass is 10.1. The number of hydrogen-bond donors (Lipinski definition) is 0. The second-order valence-electron chi connectivity index (χ2n) is 7.88. The van der Waals surface area contributed by atoms with Gasteiger partial charge in [0.15, 0.2) is 5.78 Å². The van der Waals surface area contributed by atoms with Gasteiger partial charge >= 0.3 is 0 Å². The van der Waals surface area contributed by atoms with E-state index in [4.69, 9.17) is 0 Å². The molecule has 6 heteroatoms. The number of ketones is 1. The highest BCUT2D eigenvalue weighted by Crippen LogP contribution is 2.38. The van der Waals surface area contributed by atoms with Gasteiger partial charge in [-0.1, -0.05) is 0 Å². The van der Waals surface area contributed by atoms with Crippen molar-refractivity contribution in [2.45, 2.75) is 32.7 Å². The average molecular weight is 383 g/mol. The molecule has 5 nitrogen and oxygen atoms in total. The molecule has 28 heavy (non-hydrogen) atoms. The van der Waals surface area contributed by atoms with E-state index in [-0.39, 0.29) is 17.5 Å². The van der Waals surface area contributed by atoms with E-state index in [1.165, 1.54) is 37.1 Å². The maximum Gasteiger partial charge on any atom is 0.253 e. The molecule has 1 saturated heterocycles. The van der Waals surface area contributed by atoms with Crippen molar-refractivity contribution in [3.05, 3.63) is 58.7 Å². The van der Waals surface area contributed by atoms with Crippen LogP contribution in [0.15, 0.2) is 30.3 Å². The summed E-state index contributed by atoms with van der Waals surface area (Å²) in [4.78, 5) is 29.3. The van der Waals surface area contributed by atoms with Crippen molar-refractivity contribution in [3.63, 3.8) is 0 Å². The maximum atomic E-state index is 13.0. The van der Waals surface area contributed by atoms with Crippen molar-refractivity contribution in [3.8, 4) is 0 Å². The van der Waals surface area contributed by atoms with Crippen LogP contribution in [-0.4, -0.2) is 58.8 Å². The van der Waals surface area contributed by atoms with Crippen LogP contribution in [0.5, 0.6) is 0 Å². The van der Waals surface area contributed by atoms with Crippen molar-refractivity contribution in [1.82, 2.24) is 14.4 Å². The van der Waals surface area contributed by atoms with E-state index < -0.39 is 0 Å². The molecule has 0 unspecified atom stereocenters. The molecule has 0 radical (unpaired) electrons. The molecule has 0 spiro atoms. The standard InChI is InChI=1S/C22H26FN3O2/c1-15-13-20(16(2)26(15)19-7-8-19)21(27)14-24-9-11-25(12-10-24)22(28)17-3-5-18(23)6-4-17/h3-6,13,19H,7-12,14H2,1-2H3. The minimum Gasteiger partial charge on any atom is -0.345 e. The largest absolute Gasteiger partial charge is 0.345 e. The van der Waals surface area contributed by atoms with Crippen LogP contribution in [0.1, 0.15) is 51.0 Å². The quantitative estimate of drug-likeness (QED) is 0.745. The summed E-state index contributed by atoms with van der Waals surface area (Å²) < 4.78 is 15.3. The monoisotopic (exact) mass is 383 g/mol. The Labute approximate surface area is 164 Å². The highest BCUT2D eigenvalue weighted by molar-refractivity contribution is 5.99. The molecule has 2 heterocycles. The van der Waals surface area contributed by atoms with Crippen molar-refractivity contribution < 1.29 is 14.0 Å². The number of rotatable bonds is 5. The minimum absolute atomic E-state index is 0.0843. The van der Waals surface area contributed by atoms with Gasteiger partial charge in [0.25, 0.3) is 5.91 Å². The topological polar surface area (TPSA) is 45.6 Å². The predicted octanol–water partition coefficient (Wildman–Crippen LogP) is 3.22. The number of nitrogens with zero attached hydrogens (tertiary/aromatic N) is 3. The second-order valence-corrected chi connectivity index (χ2v) is 7.88. The summed E-state index contributed by atoms with van der Waals surface area (Å²) in [5.41, 5.74) is 3.57. The third-order valence-corrected chi connectivity index (χ3v) is 5.81. The smallest absolute Gasteiger partial charge is 0.253 e. The lowest BCUT2D eigenvalue weighted by Gasteiger charge is -2.34. The van der Waals surface area contributed by atoms with E-state index in [0.717, 1.165) is 17.0 Å². The van der Waals surface area contributed by atoms with Crippen LogP contribution in [0.25, 0.3) is 0 Å². The van der Waals surface area contributed by atoms with Crippen molar-refractivity contribution in [2.75, 3.05) is 32.7 Å². The van der Waals surface area contributed by atoms with Gasteiger partial charge in [0.1, 0.15) is 5.82 Å². The number of amides is 1. The highest BCUT2D eigenvalue weighted by atomic mass is 19.1. The molecule has 2 aliphatic rings. The molecule has 1 amide bonds. The molecule has 1 saturated carbocycles. The van der Waals surface area contributed by atoms with Crippen molar-refractivity contribution in [2.24, 2.45) is 0 Å². The third kappa shape index (κ3) is 3.74. The Morgan fingerprint density at radius 3 is 2.29 bits per heavy atom. The number of carbonyl (C=O) groups excluding carboxylic acids is 2. The fourth-order valence-electron chi connectivity index (χ4n) is 4.13. The molecule has 2 aromatic rings. The summed E-state index contributed by atoms with van der Waals surface area (Å²) >= 11 is 0. The summed E-state index contributed by atoms with van der Waals surface area (Å²) in [6.07, 6.45) is 2.40. The zero-order valence-electron chi connectivity index (χ0n) is 16.4. The first kappa shape index (κ1) is 18.9. The molecule has 4 rings (SSSR count). The maximum absolute atomic E-state index is 13.0. The summed E-state index contributed by atoms with van der Waals surface area (Å²) in [6.45, 7) is 6.97. The molecule has 2 fully saturated rings. The number of hydrogen-bond acceptors (Lipinski definition) is 3. The van der Waals surface area contributed by atoms with Gasteiger partial charge in [-0.3, -0.25) is 14.5 Å². The SMILES string of the molecule is Cc1cc(C(=O)CN2CCN(C(=O)c3ccc(F)cc3)CC2)c(C)n1C1CC1. The summed E-state index contributed by atoms with van der Waals surface area (Å²) in [5, 5.41) is 0. The lowest BCUT2D eigenvalue weighted by Crippen LogP contribution is -2.49. The first-order chi connectivity index (χ1) is 13.4. The number of aromatic nitrogens is 1. The molecule has 1 aliphatic carbocycles. The van der Waals surface area contributed by atoms with Gasteiger partial charge < -0.3 is 9.47 Å². The van der Waals surface area contributed by atoms with E-state index in [9.17, 15) is 14.0 Å². The molecule has 148 valence electrons. The zero-order chi connectivity index (χ0) is 19.8. The van der Waals surface area contributed by atoms with E-state index in [1.807, 2.05) is 13.0 Å². The molecule has 1 aliphatic heterocycles. The number of aryl methyl sites for hydroxylation is 1. The summed E-state index contributed by atoms with van der Waals surface area (Å²) in [5.74, 6) is -0.279. The molecule has 1 aromatic carbocycles. The number of Topliss-reactive ketones (excluding diaryl/α,β-unsaturated/α-hetero) is 1. The van der Waals surface area contributed by atoms with Gasteiger partial charge in [-0.2, -0.15) is 0 Å². The first-order valence-electron chi connectivity index (χ1n) is 9.93. The van der Waals surface area contributed by atoms with E-state index >= 15 is 0 Å². The van der Waals surface area contributed by atoms with Crippen molar-refractivity contribution in [1.29, 1.82) is 0 Å². The number of carbonyl (C=O) groups is 2. The van der Waals surface area contributed by atoms with Crippen LogP contribution in [0, 0.1) is 19.7 Å². The Balaban J connectivity index is 1.34. The molecule has 0 bridgehead atoms. The van der Waals surface area contributed by atoms with E-state index in [0.29, 0.717) is 44.3 Å². The van der Waals surface area contributed by atoms with Crippen LogP contribution in [0.2, 0.25) is 0 Å².